The molecular weight excluding hydrogens is 433 g/mol. The van der Waals surface area contributed by atoms with E-state index in [1.165, 1.54) is 12.1 Å². The Morgan fingerprint density at radius 1 is 1.19 bits per heavy atom. The summed E-state index contributed by atoms with van der Waals surface area (Å²) in [5, 5.41) is 14.6. The molecule has 11 nitrogen and oxygen atoms in total. The molecule has 0 radical (unpaired) electrons. The van der Waals surface area contributed by atoms with Crippen LogP contribution in [0.4, 0.5) is 30.6 Å². The van der Waals surface area contributed by atoms with Crippen LogP contribution in [0.25, 0.3) is 11.4 Å². The van der Waals surface area contributed by atoms with Crippen LogP contribution in [0.1, 0.15) is 11.5 Å². The van der Waals surface area contributed by atoms with Crippen LogP contribution in [0.5, 0.6) is 0 Å². The summed E-state index contributed by atoms with van der Waals surface area (Å²) in [5.74, 6) is 0.467. The van der Waals surface area contributed by atoms with Crippen molar-refractivity contribution in [1.29, 1.82) is 0 Å². The van der Waals surface area contributed by atoms with E-state index < -0.39 is 16.7 Å². The van der Waals surface area contributed by atoms with Gasteiger partial charge >= 0.3 is 11.9 Å². The van der Waals surface area contributed by atoms with Gasteiger partial charge in [0, 0.05) is 31.7 Å². The fraction of sp³-hybridized carbons (Fsp3) is 0.333. The minimum Gasteiger partial charge on any atom is -0.378 e. The molecule has 0 amide bonds. The highest BCUT2D eigenvalue weighted by atomic mass is 19.4. The quantitative estimate of drug-likeness (QED) is 0.455. The van der Waals surface area contributed by atoms with Gasteiger partial charge in [0.2, 0.25) is 23.5 Å². The first-order valence-electron chi connectivity index (χ1n) is 9.45. The Kier molecular flexibility index (Phi) is 5.61. The summed E-state index contributed by atoms with van der Waals surface area (Å²) in [6.07, 6.45) is -3.38. The van der Waals surface area contributed by atoms with Crippen molar-refractivity contribution in [3.8, 4) is 11.4 Å². The van der Waals surface area contributed by atoms with Gasteiger partial charge in [-0.15, -0.1) is 0 Å². The number of alkyl halides is 3. The second-order valence-corrected chi connectivity index (χ2v) is 7.05. The Bertz CT molecular complexity index is 1130. The van der Waals surface area contributed by atoms with Gasteiger partial charge < -0.3 is 15.2 Å². The zero-order valence-corrected chi connectivity index (χ0v) is 16.5. The van der Waals surface area contributed by atoms with Gasteiger partial charge in [0.25, 0.3) is 0 Å². The first kappa shape index (κ1) is 21.4. The molecule has 4 rings (SSSR count). The molecule has 1 fully saturated rings. The lowest BCUT2D eigenvalue weighted by atomic mass is 10.1. The Hall–Kier alpha value is -3.81. The van der Waals surface area contributed by atoms with Gasteiger partial charge in [0.15, 0.2) is 0 Å². The van der Waals surface area contributed by atoms with Gasteiger partial charge in [0.05, 0.1) is 17.0 Å². The van der Waals surface area contributed by atoms with Crippen molar-refractivity contribution in [2.45, 2.75) is 12.7 Å². The lowest BCUT2D eigenvalue weighted by Crippen LogP contribution is -2.46. The Morgan fingerprint density at radius 3 is 2.59 bits per heavy atom. The molecule has 32 heavy (non-hydrogen) atoms. The van der Waals surface area contributed by atoms with Crippen molar-refractivity contribution in [2.24, 2.45) is 0 Å². The van der Waals surface area contributed by atoms with Crippen LogP contribution in [0.3, 0.4) is 0 Å². The summed E-state index contributed by atoms with van der Waals surface area (Å²) in [6, 6.07) is 4.73. The maximum Gasteiger partial charge on any atom is 0.416 e. The van der Waals surface area contributed by atoms with E-state index in [1.807, 2.05) is 9.80 Å². The van der Waals surface area contributed by atoms with E-state index in [-0.39, 0.29) is 28.8 Å². The second kappa shape index (κ2) is 8.37. The first-order valence-corrected chi connectivity index (χ1v) is 9.45. The number of rotatable bonds is 5. The van der Waals surface area contributed by atoms with Gasteiger partial charge in [0.1, 0.15) is 6.20 Å². The number of hydrogen-bond donors (Lipinski definition) is 1. The molecular formula is C18H17F3N8O3. The van der Waals surface area contributed by atoms with Crippen molar-refractivity contribution in [3.63, 3.8) is 0 Å². The molecule has 0 saturated carbocycles. The number of piperazine rings is 1. The molecule has 2 N–H and O–H groups in total. The largest absolute Gasteiger partial charge is 0.416 e. The van der Waals surface area contributed by atoms with Gasteiger partial charge in [-0.1, -0.05) is 17.3 Å². The summed E-state index contributed by atoms with van der Waals surface area (Å²) in [4.78, 5) is 26.3. The minimum atomic E-state index is -4.46. The topological polar surface area (TPSA) is 140 Å². The van der Waals surface area contributed by atoms with Crippen molar-refractivity contribution < 1.29 is 22.6 Å². The van der Waals surface area contributed by atoms with Crippen LogP contribution < -0.4 is 10.6 Å². The highest BCUT2D eigenvalue weighted by molar-refractivity contribution is 5.56. The van der Waals surface area contributed by atoms with E-state index in [0.29, 0.717) is 38.7 Å². The number of nitro groups is 1. The zero-order chi connectivity index (χ0) is 22.9. The highest BCUT2D eigenvalue weighted by Crippen LogP contribution is 2.31. The van der Waals surface area contributed by atoms with Gasteiger partial charge in [-0.2, -0.15) is 23.1 Å². The molecule has 1 aliphatic heterocycles. The molecule has 0 bridgehead atoms. The molecule has 168 valence electrons. The zero-order valence-electron chi connectivity index (χ0n) is 16.5. The van der Waals surface area contributed by atoms with Crippen molar-refractivity contribution in [3.05, 3.63) is 52.0 Å². The van der Waals surface area contributed by atoms with E-state index in [2.05, 4.69) is 20.1 Å². The van der Waals surface area contributed by atoms with E-state index in [0.717, 1.165) is 18.3 Å². The predicted octanol–water partition coefficient (Wildman–Crippen LogP) is 2.36. The average molecular weight is 450 g/mol. The summed E-state index contributed by atoms with van der Waals surface area (Å²) >= 11 is 0. The molecule has 2 aromatic heterocycles. The van der Waals surface area contributed by atoms with Crippen LogP contribution >= 0.6 is 0 Å². The maximum absolute atomic E-state index is 12.9. The fourth-order valence-electron chi connectivity index (χ4n) is 3.24. The Balaban J connectivity index is 1.37. The number of aromatic nitrogens is 4. The highest BCUT2D eigenvalue weighted by Gasteiger charge is 2.31. The number of benzene rings is 1. The number of halogens is 3. The summed E-state index contributed by atoms with van der Waals surface area (Å²) in [7, 11) is 0. The monoisotopic (exact) mass is 450 g/mol. The number of nitrogens with two attached hydrogens (primary N) is 1. The molecule has 0 atom stereocenters. The van der Waals surface area contributed by atoms with E-state index >= 15 is 0 Å². The first-order chi connectivity index (χ1) is 15.2. The average Bonchev–Trinajstić information content (AvgIpc) is 3.22. The molecule has 0 unspecified atom stereocenters. The molecule has 0 spiro atoms. The van der Waals surface area contributed by atoms with Crippen LogP contribution in [0, 0.1) is 10.1 Å². The lowest BCUT2D eigenvalue weighted by molar-refractivity contribution is -0.384. The second-order valence-electron chi connectivity index (χ2n) is 7.05. The number of anilines is 2. The summed E-state index contributed by atoms with van der Waals surface area (Å²) in [6.45, 7) is 2.56. The van der Waals surface area contributed by atoms with Crippen molar-refractivity contribution >= 4 is 17.5 Å². The number of hydrogen-bond acceptors (Lipinski definition) is 10. The lowest BCUT2D eigenvalue weighted by Gasteiger charge is -2.33. The van der Waals surface area contributed by atoms with Gasteiger partial charge in [-0.25, -0.2) is 4.98 Å². The van der Waals surface area contributed by atoms with Crippen LogP contribution in [-0.4, -0.2) is 56.1 Å². The van der Waals surface area contributed by atoms with E-state index in [9.17, 15) is 23.3 Å². The Morgan fingerprint density at radius 2 is 1.94 bits per heavy atom. The number of nitrogens with zero attached hydrogens (tertiary/aromatic N) is 7. The van der Waals surface area contributed by atoms with E-state index in [1.54, 1.807) is 0 Å². The van der Waals surface area contributed by atoms with Crippen LogP contribution in [0.2, 0.25) is 0 Å². The minimum absolute atomic E-state index is 0.0829. The fourth-order valence-corrected chi connectivity index (χ4v) is 3.24. The van der Waals surface area contributed by atoms with Crippen LogP contribution in [0.15, 0.2) is 35.0 Å². The molecule has 3 aromatic rings. The maximum atomic E-state index is 12.9. The Labute approximate surface area is 178 Å². The standard InChI is InChI=1S/C18H17F3N8O3/c19-18(20,21)12-3-1-2-11(8-12)16-24-14(32-26-16)10-27-4-6-28(7-5-27)17-23-9-13(29(30)31)15(22)25-17/h1-3,8-9H,4-7,10H2,(H2,22,23,25). The van der Waals surface area contributed by atoms with Crippen molar-refractivity contribution in [1.82, 2.24) is 25.0 Å². The summed E-state index contributed by atoms with van der Waals surface area (Å²) < 4.78 is 43.9. The van der Waals surface area contributed by atoms with Crippen LogP contribution in [-0.2, 0) is 12.7 Å². The third-order valence-corrected chi connectivity index (χ3v) is 4.91. The molecule has 14 heteroatoms. The molecule has 1 saturated heterocycles. The molecule has 3 heterocycles. The third-order valence-electron chi connectivity index (χ3n) is 4.91. The molecule has 1 aromatic carbocycles. The number of nitrogen functional groups attached to an aromatic ring is 1. The van der Waals surface area contributed by atoms with E-state index in [4.69, 9.17) is 10.3 Å². The smallest absolute Gasteiger partial charge is 0.378 e. The van der Waals surface area contributed by atoms with Gasteiger partial charge in [-0.3, -0.25) is 15.0 Å². The molecule has 0 aliphatic carbocycles. The summed E-state index contributed by atoms with van der Waals surface area (Å²) in [5.41, 5.74) is 4.70. The third kappa shape index (κ3) is 4.59. The SMILES string of the molecule is Nc1nc(N2CCN(Cc3nc(-c4cccc(C(F)(F)F)c4)no3)CC2)ncc1[N+](=O)[O-]. The normalized spacial score (nSPS) is 15.2. The predicted molar refractivity (Wildman–Crippen MR) is 105 cm³/mol. The van der Waals surface area contributed by atoms with Gasteiger partial charge in [-0.05, 0) is 12.1 Å². The molecule has 1 aliphatic rings. The van der Waals surface area contributed by atoms with Crippen molar-refractivity contribution in [2.75, 3.05) is 36.8 Å².